The van der Waals surface area contributed by atoms with Crippen molar-refractivity contribution in [3.63, 3.8) is 0 Å². The van der Waals surface area contributed by atoms with Crippen LogP contribution in [0.5, 0.6) is 0 Å². The fourth-order valence-corrected chi connectivity index (χ4v) is 4.55. The van der Waals surface area contributed by atoms with Gasteiger partial charge >= 0.3 is 0 Å². The number of carbonyl (C=O) groups is 1. The van der Waals surface area contributed by atoms with Crippen molar-refractivity contribution in [3.05, 3.63) is 36.0 Å². The average molecular weight is 409 g/mol. The number of ether oxygens (including phenoxy) is 1. The molecule has 0 radical (unpaired) electrons. The molecule has 1 saturated carbocycles. The van der Waals surface area contributed by atoms with Gasteiger partial charge < -0.3 is 15.4 Å². The number of rotatable bonds is 4. The summed E-state index contributed by atoms with van der Waals surface area (Å²) in [5.41, 5.74) is 9.59. The Morgan fingerprint density at radius 3 is 2.60 bits per heavy atom. The van der Waals surface area contributed by atoms with Gasteiger partial charge in [-0.25, -0.2) is 4.68 Å². The molecule has 2 fully saturated rings. The SMILES string of the molecule is NC1CCC(Cn2nc(-c3ccc(C(=O)N4CCOCC4)cc3)c3cn[nH]c32)CC1. The molecule has 1 aliphatic carbocycles. The van der Waals surface area contributed by atoms with Gasteiger partial charge in [0, 0.05) is 36.8 Å². The highest BCUT2D eigenvalue weighted by Crippen LogP contribution is 2.30. The minimum atomic E-state index is 0.0549. The smallest absolute Gasteiger partial charge is 0.254 e. The zero-order chi connectivity index (χ0) is 20.5. The Bertz CT molecular complexity index is 1010. The molecule has 8 heteroatoms. The molecular weight excluding hydrogens is 380 g/mol. The summed E-state index contributed by atoms with van der Waals surface area (Å²) < 4.78 is 7.39. The Labute approximate surface area is 175 Å². The second-order valence-electron chi connectivity index (χ2n) is 8.43. The maximum Gasteiger partial charge on any atom is 0.254 e. The lowest BCUT2D eigenvalue weighted by molar-refractivity contribution is 0.0303. The van der Waals surface area contributed by atoms with Crippen LogP contribution in [0.3, 0.4) is 0 Å². The van der Waals surface area contributed by atoms with Crippen LogP contribution in [0.4, 0.5) is 0 Å². The molecule has 1 saturated heterocycles. The molecule has 8 nitrogen and oxygen atoms in total. The molecule has 1 amide bonds. The number of aromatic amines is 1. The first kappa shape index (κ1) is 19.3. The maximum absolute atomic E-state index is 12.7. The van der Waals surface area contributed by atoms with Crippen molar-refractivity contribution < 1.29 is 9.53 Å². The van der Waals surface area contributed by atoms with E-state index < -0.39 is 0 Å². The lowest BCUT2D eigenvalue weighted by Crippen LogP contribution is -2.40. The van der Waals surface area contributed by atoms with Crippen molar-refractivity contribution >= 4 is 16.9 Å². The molecule has 3 heterocycles. The van der Waals surface area contributed by atoms with Crippen LogP contribution in [-0.4, -0.2) is 63.1 Å². The molecule has 30 heavy (non-hydrogen) atoms. The molecule has 158 valence electrons. The number of amides is 1. The van der Waals surface area contributed by atoms with Crippen LogP contribution in [0.25, 0.3) is 22.3 Å². The predicted octanol–water partition coefficient (Wildman–Crippen LogP) is 2.42. The van der Waals surface area contributed by atoms with Crippen LogP contribution >= 0.6 is 0 Å². The number of morpholine rings is 1. The monoisotopic (exact) mass is 408 g/mol. The minimum Gasteiger partial charge on any atom is -0.378 e. The Hall–Kier alpha value is -2.71. The van der Waals surface area contributed by atoms with E-state index >= 15 is 0 Å². The van der Waals surface area contributed by atoms with Gasteiger partial charge in [-0.2, -0.15) is 10.2 Å². The second kappa shape index (κ2) is 8.20. The summed E-state index contributed by atoms with van der Waals surface area (Å²) in [5, 5.41) is 13.3. The van der Waals surface area contributed by atoms with E-state index in [1.807, 2.05) is 40.0 Å². The molecular formula is C22H28N6O2. The van der Waals surface area contributed by atoms with Crippen molar-refractivity contribution in [2.24, 2.45) is 11.7 Å². The molecule has 2 aliphatic rings. The molecule has 1 aliphatic heterocycles. The molecule has 3 aromatic rings. The van der Waals surface area contributed by atoms with Gasteiger partial charge in [0.2, 0.25) is 0 Å². The summed E-state index contributed by atoms with van der Waals surface area (Å²) in [6.45, 7) is 3.37. The number of nitrogens with one attached hydrogen (secondary N) is 1. The fourth-order valence-electron chi connectivity index (χ4n) is 4.55. The average Bonchev–Trinajstić information content (AvgIpc) is 3.40. The molecule has 0 bridgehead atoms. The van der Waals surface area contributed by atoms with Gasteiger partial charge in [0.1, 0.15) is 5.69 Å². The van der Waals surface area contributed by atoms with Gasteiger partial charge in [0.05, 0.1) is 24.8 Å². The number of hydrogen-bond donors (Lipinski definition) is 2. The third kappa shape index (κ3) is 3.73. The number of carbonyl (C=O) groups excluding carboxylic acids is 1. The Morgan fingerprint density at radius 2 is 1.87 bits per heavy atom. The third-order valence-corrected chi connectivity index (χ3v) is 6.38. The highest BCUT2D eigenvalue weighted by molar-refractivity contribution is 5.96. The summed E-state index contributed by atoms with van der Waals surface area (Å²) in [6.07, 6.45) is 6.29. The molecule has 0 spiro atoms. The maximum atomic E-state index is 12.7. The van der Waals surface area contributed by atoms with Crippen molar-refractivity contribution in [1.29, 1.82) is 0 Å². The van der Waals surface area contributed by atoms with Gasteiger partial charge in [-0.1, -0.05) is 12.1 Å². The number of nitrogens with two attached hydrogens (primary N) is 1. The first-order valence-electron chi connectivity index (χ1n) is 10.8. The molecule has 5 rings (SSSR count). The summed E-state index contributed by atoms with van der Waals surface area (Å²) in [6, 6.07) is 8.08. The Kier molecular flexibility index (Phi) is 5.26. The van der Waals surface area contributed by atoms with Crippen molar-refractivity contribution in [2.45, 2.75) is 38.3 Å². The van der Waals surface area contributed by atoms with Gasteiger partial charge in [0.15, 0.2) is 5.65 Å². The van der Waals surface area contributed by atoms with E-state index in [4.69, 9.17) is 15.6 Å². The summed E-state index contributed by atoms with van der Waals surface area (Å²) in [5.74, 6) is 0.650. The number of fused-ring (bicyclic) bond motifs is 1. The van der Waals surface area contributed by atoms with Gasteiger partial charge in [-0.15, -0.1) is 0 Å². The Morgan fingerprint density at radius 1 is 1.13 bits per heavy atom. The first-order chi connectivity index (χ1) is 14.7. The lowest BCUT2D eigenvalue weighted by atomic mass is 9.86. The van der Waals surface area contributed by atoms with Crippen molar-refractivity contribution in [1.82, 2.24) is 24.9 Å². The van der Waals surface area contributed by atoms with Gasteiger partial charge in [-0.05, 0) is 43.7 Å². The largest absolute Gasteiger partial charge is 0.378 e. The van der Waals surface area contributed by atoms with Crippen LogP contribution in [0.2, 0.25) is 0 Å². The van der Waals surface area contributed by atoms with Gasteiger partial charge in [0.25, 0.3) is 5.91 Å². The van der Waals surface area contributed by atoms with E-state index in [0.29, 0.717) is 43.8 Å². The quantitative estimate of drug-likeness (QED) is 0.690. The number of aromatic nitrogens is 4. The van der Waals surface area contributed by atoms with Crippen LogP contribution in [0.15, 0.2) is 30.5 Å². The Balaban J connectivity index is 1.37. The lowest BCUT2D eigenvalue weighted by Gasteiger charge is -2.26. The number of H-pyrrole nitrogens is 1. The van der Waals surface area contributed by atoms with E-state index in [2.05, 4.69) is 10.2 Å². The summed E-state index contributed by atoms with van der Waals surface area (Å²) in [4.78, 5) is 14.5. The second-order valence-corrected chi connectivity index (χ2v) is 8.43. The summed E-state index contributed by atoms with van der Waals surface area (Å²) in [7, 11) is 0. The number of hydrogen-bond acceptors (Lipinski definition) is 5. The van der Waals surface area contributed by atoms with E-state index in [1.54, 1.807) is 0 Å². The minimum absolute atomic E-state index is 0.0549. The zero-order valence-electron chi connectivity index (χ0n) is 17.1. The third-order valence-electron chi connectivity index (χ3n) is 6.38. The van der Waals surface area contributed by atoms with Crippen molar-refractivity contribution in [3.8, 4) is 11.3 Å². The van der Waals surface area contributed by atoms with E-state index in [1.165, 1.54) is 0 Å². The molecule has 0 atom stereocenters. The highest BCUT2D eigenvalue weighted by Gasteiger charge is 2.22. The van der Waals surface area contributed by atoms with E-state index in [9.17, 15) is 4.79 Å². The highest BCUT2D eigenvalue weighted by atomic mass is 16.5. The normalized spacial score (nSPS) is 22.5. The van der Waals surface area contributed by atoms with Crippen LogP contribution in [-0.2, 0) is 11.3 Å². The topological polar surface area (TPSA) is 102 Å². The fraction of sp³-hybridized carbons (Fsp3) is 0.500. The van der Waals surface area contributed by atoms with Crippen LogP contribution in [0, 0.1) is 5.92 Å². The van der Waals surface area contributed by atoms with Crippen LogP contribution < -0.4 is 5.73 Å². The number of benzene rings is 1. The predicted molar refractivity (Wildman–Crippen MR) is 114 cm³/mol. The van der Waals surface area contributed by atoms with Crippen molar-refractivity contribution in [2.75, 3.05) is 26.3 Å². The number of nitrogens with zero attached hydrogens (tertiary/aromatic N) is 4. The zero-order valence-corrected chi connectivity index (χ0v) is 17.1. The molecule has 2 aromatic heterocycles. The van der Waals surface area contributed by atoms with Crippen LogP contribution in [0.1, 0.15) is 36.0 Å². The molecule has 3 N–H and O–H groups in total. The first-order valence-corrected chi connectivity index (χ1v) is 10.8. The standard InChI is InChI=1S/C22H28N6O2/c23-18-7-1-15(2-8-18)14-28-21-19(13-24-25-21)20(26-28)16-3-5-17(6-4-16)22(29)27-9-11-30-12-10-27/h3-6,13,15,18H,1-2,7-12,14,23H2,(H,24,25). The molecule has 0 unspecified atom stereocenters. The van der Waals surface area contributed by atoms with Gasteiger partial charge in [-0.3, -0.25) is 9.89 Å². The summed E-state index contributed by atoms with van der Waals surface area (Å²) >= 11 is 0. The van der Waals surface area contributed by atoms with E-state index in [-0.39, 0.29) is 5.91 Å². The molecule has 1 aromatic carbocycles. The van der Waals surface area contributed by atoms with E-state index in [0.717, 1.165) is 54.5 Å².